The van der Waals surface area contributed by atoms with Crippen LogP contribution in [0.15, 0.2) is 70.7 Å². The summed E-state index contributed by atoms with van der Waals surface area (Å²) in [5.41, 5.74) is 3.48. The molecule has 0 saturated heterocycles. The van der Waals surface area contributed by atoms with Crippen molar-refractivity contribution in [2.24, 2.45) is 5.10 Å². The molecular weight excluding hydrogens is 390 g/mol. The van der Waals surface area contributed by atoms with Gasteiger partial charge in [0.15, 0.2) is 0 Å². The number of aromatic hydroxyl groups is 1. The maximum atomic E-state index is 12.4. The minimum Gasteiger partial charge on any atom is -0.507 e. The van der Waals surface area contributed by atoms with Crippen LogP contribution in [-0.2, 0) is 10.0 Å². The molecule has 0 aliphatic carbocycles. The first-order chi connectivity index (χ1) is 13.7. The van der Waals surface area contributed by atoms with E-state index in [9.17, 15) is 18.3 Å². The molecule has 0 aromatic heterocycles. The normalized spacial score (nSPS) is 12.3. The molecule has 0 aliphatic heterocycles. The Balaban J connectivity index is 1.85. The molecule has 2 N–H and O–H groups in total. The Morgan fingerprint density at radius 3 is 2.48 bits per heavy atom. The van der Waals surface area contributed by atoms with Crippen molar-refractivity contribution in [2.75, 3.05) is 14.1 Å². The van der Waals surface area contributed by atoms with Gasteiger partial charge in [-0.15, -0.1) is 0 Å². The highest BCUT2D eigenvalue weighted by molar-refractivity contribution is 7.89. The van der Waals surface area contributed by atoms with Gasteiger partial charge in [-0.25, -0.2) is 18.1 Å². The number of carbonyl (C=O) groups excluding carboxylic acids is 1. The SMILES string of the molecule is C/C(=N\NC(=O)c1cccc(S(=O)(=O)N(C)C)c1)c1ccc2ccccc2c1O. The van der Waals surface area contributed by atoms with Gasteiger partial charge in [-0.05, 0) is 36.6 Å². The Morgan fingerprint density at radius 2 is 1.76 bits per heavy atom. The van der Waals surface area contributed by atoms with E-state index in [1.54, 1.807) is 19.1 Å². The van der Waals surface area contributed by atoms with E-state index in [1.165, 1.54) is 38.4 Å². The van der Waals surface area contributed by atoms with Crippen LogP contribution in [0, 0.1) is 0 Å². The third-order valence-electron chi connectivity index (χ3n) is 4.49. The summed E-state index contributed by atoms with van der Waals surface area (Å²) >= 11 is 0. The number of sulfonamides is 1. The molecule has 1 amide bonds. The Morgan fingerprint density at radius 1 is 1.03 bits per heavy atom. The van der Waals surface area contributed by atoms with Crippen molar-refractivity contribution in [3.63, 3.8) is 0 Å². The molecular formula is C21H21N3O4S. The van der Waals surface area contributed by atoms with E-state index in [1.807, 2.05) is 24.3 Å². The van der Waals surface area contributed by atoms with Gasteiger partial charge in [0.2, 0.25) is 10.0 Å². The largest absolute Gasteiger partial charge is 0.507 e. The topological polar surface area (TPSA) is 99.1 Å². The summed E-state index contributed by atoms with van der Waals surface area (Å²) in [5, 5.41) is 16.2. The lowest BCUT2D eigenvalue weighted by atomic mass is 10.0. The van der Waals surface area contributed by atoms with Crippen LogP contribution in [0.2, 0.25) is 0 Å². The van der Waals surface area contributed by atoms with Gasteiger partial charge in [-0.2, -0.15) is 5.10 Å². The fourth-order valence-corrected chi connectivity index (χ4v) is 3.76. The summed E-state index contributed by atoms with van der Waals surface area (Å²) in [6.07, 6.45) is 0. The van der Waals surface area contributed by atoms with E-state index in [0.29, 0.717) is 16.7 Å². The quantitative estimate of drug-likeness (QED) is 0.498. The first-order valence-corrected chi connectivity index (χ1v) is 10.2. The highest BCUT2D eigenvalue weighted by Gasteiger charge is 2.18. The number of rotatable bonds is 5. The van der Waals surface area contributed by atoms with E-state index >= 15 is 0 Å². The lowest BCUT2D eigenvalue weighted by molar-refractivity contribution is 0.0954. The number of hydrogen-bond donors (Lipinski definition) is 2. The van der Waals surface area contributed by atoms with Crippen molar-refractivity contribution in [3.05, 3.63) is 71.8 Å². The van der Waals surface area contributed by atoms with Crippen LogP contribution in [0.5, 0.6) is 5.75 Å². The minimum absolute atomic E-state index is 0.0167. The first kappa shape index (κ1) is 20.5. The number of nitrogens with zero attached hydrogens (tertiary/aromatic N) is 2. The number of carbonyl (C=O) groups is 1. The monoisotopic (exact) mass is 411 g/mol. The molecule has 3 aromatic carbocycles. The summed E-state index contributed by atoms with van der Waals surface area (Å²) in [6, 6.07) is 16.7. The third kappa shape index (κ3) is 4.13. The molecule has 0 atom stereocenters. The number of hydrazone groups is 1. The maximum Gasteiger partial charge on any atom is 0.271 e. The van der Waals surface area contributed by atoms with E-state index in [-0.39, 0.29) is 16.2 Å². The van der Waals surface area contributed by atoms with Crippen LogP contribution in [0.1, 0.15) is 22.8 Å². The number of amides is 1. The van der Waals surface area contributed by atoms with E-state index in [2.05, 4.69) is 10.5 Å². The van der Waals surface area contributed by atoms with E-state index in [4.69, 9.17) is 0 Å². The first-order valence-electron chi connectivity index (χ1n) is 8.80. The lowest BCUT2D eigenvalue weighted by Crippen LogP contribution is -2.23. The van der Waals surface area contributed by atoms with Crippen LogP contribution in [-0.4, -0.2) is 43.5 Å². The van der Waals surface area contributed by atoms with Crippen molar-refractivity contribution in [3.8, 4) is 5.75 Å². The number of phenols is 1. The van der Waals surface area contributed by atoms with E-state index < -0.39 is 15.9 Å². The summed E-state index contributed by atoms with van der Waals surface area (Å²) < 4.78 is 25.6. The van der Waals surface area contributed by atoms with Crippen LogP contribution in [0.4, 0.5) is 0 Å². The lowest BCUT2D eigenvalue weighted by Gasteiger charge is -2.12. The molecule has 0 spiro atoms. The second-order valence-electron chi connectivity index (χ2n) is 6.64. The molecule has 3 aromatic rings. The summed E-state index contributed by atoms with van der Waals surface area (Å²) in [4.78, 5) is 12.5. The predicted molar refractivity (Wildman–Crippen MR) is 113 cm³/mol. The molecule has 0 heterocycles. The molecule has 0 unspecified atom stereocenters. The summed E-state index contributed by atoms with van der Waals surface area (Å²) in [7, 11) is -0.804. The van der Waals surface area contributed by atoms with Gasteiger partial charge in [0.05, 0.1) is 10.6 Å². The summed E-state index contributed by atoms with van der Waals surface area (Å²) in [6.45, 7) is 1.66. The smallest absolute Gasteiger partial charge is 0.271 e. The fraction of sp³-hybridized carbons (Fsp3) is 0.143. The van der Waals surface area contributed by atoms with Gasteiger partial charge < -0.3 is 5.11 Å². The average Bonchev–Trinajstić information content (AvgIpc) is 2.72. The number of phenolic OH excluding ortho intramolecular Hbond substituents is 1. The Hall–Kier alpha value is -3.23. The van der Waals surface area contributed by atoms with E-state index in [0.717, 1.165) is 9.69 Å². The molecule has 0 saturated carbocycles. The van der Waals surface area contributed by atoms with Crippen molar-refractivity contribution in [1.29, 1.82) is 0 Å². The molecule has 150 valence electrons. The van der Waals surface area contributed by atoms with Gasteiger partial charge in [-0.1, -0.05) is 36.4 Å². The van der Waals surface area contributed by atoms with Gasteiger partial charge in [-0.3, -0.25) is 4.79 Å². The van der Waals surface area contributed by atoms with Gasteiger partial charge in [0, 0.05) is 30.6 Å². The highest BCUT2D eigenvalue weighted by Crippen LogP contribution is 2.28. The standard InChI is InChI=1S/C21H21N3O4S/c1-14(18-12-11-15-7-4-5-10-19(15)20(18)25)22-23-21(26)16-8-6-9-17(13-16)29(27,28)24(2)3/h4-13,25H,1-3H3,(H,23,26)/b22-14+. The molecule has 3 rings (SSSR count). The van der Waals surface area contributed by atoms with Crippen LogP contribution in [0.25, 0.3) is 10.8 Å². The molecule has 0 bridgehead atoms. The van der Waals surface area contributed by atoms with Crippen LogP contribution < -0.4 is 5.43 Å². The average molecular weight is 411 g/mol. The van der Waals surface area contributed by atoms with Crippen LogP contribution >= 0.6 is 0 Å². The molecule has 29 heavy (non-hydrogen) atoms. The van der Waals surface area contributed by atoms with Crippen molar-refractivity contribution >= 4 is 32.4 Å². The van der Waals surface area contributed by atoms with Crippen molar-refractivity contribution in [1.82, 2.24) is 9.73 Å². The zero-order valence-corrected chi connectivity index (χ0v) is 17.1. The van der Waals surface area contributed by atoms with Gasteiger partial charge in [0.1, 0.15) is 5.75 Å². The van der Waals surface area contributed by atoms with Crippen molar-refractivity contribution < 1.29 is 18.3 Å². The zero-order valence-electron chi connectivity index (χ0n) is 16.2. The second kappa shape index (κ2) is 8.02. The fourth-order valence-electron chi connectivity index (χ4n) is 2.82. The number of fused-ring (bicyclic) bond motifs is 1. The summed E-state index contributed by atoms with van der Waals surface area (Å²) in [5.74, 6) is -0.474. The number of hydrogen-bond acceptors (Lipinski definition) is 5. The van der Waals surface area contributed by atoms with Gasteiger partial charge in [0.25, 0.3) is 5.91 Å². The van der Waals surface area contributed by atoms with Crippen LogP contribution in [0.3, 0.4) is 0 Å². The molecule has 8 heteroatoms. The number of nitrogens with one attached hydrogen (secondary N) is 1. The minimum atomic E-state index is -3.65. The molecule has 7 nitrogen and oxygen atoms in total. The Labute approximate surface area is 169 Å². The molecule has 0 radical (unpaired) electrons. The predicted octanol–water partition coefficient (Wildman–Crippen LogP) is 2.95. The third-order valence-corrected chi connectivity index (χ3v) is 6.30. The zero-order chi connectivity index (χ0) is 21.2. The second-order valence-corrected chi connectivity index (χ2v) is 8.79. The van der Waals surface area contributed by atoms with Crippen molar-refractivity contribution in [2.45, 2.75) is 11.8 Å². The number of benzene rings is 3. The molecule has 0 aliphatic rings. The Kier molecular flexibility index (Phi) is 5.67. The van der Waals surface area contributed by atoms with Gasteiger partial charge >= 0.3 is 0 Å². The highest BCUT2D eigenvalue weighted by atomic mass is 32.2. The maximum absolute atomic E-state index is 12.4. The Bertz CT molecular complexity index is 1220. The molecule has 0 fully saturated rings.